The van der Waals surface area contributed by atoms with E-state index in [1.807, 2.05) is 0 Å². The van der Waals surface area contributed by atoms with Gasteiger partial charge >= 0.3 is 0 Å². The van der Waals surface area contributed by atoms with Crippen LogP contribution in [0.3, 0.4) is 0 Å². The minimum Gasteiger partial charge on any atom is -0.348 e. The number of aromatic nitrogens is 1. The van der Waals surface area contributed by atoms with Crippen molar-refractivity contribution in [3.8, 4) is 0 Å². The molecule has 1 amide bonds. The lowest BCUT2D eigenvalue weighted by atomic mass is 9.95. The van der Waals surface area contributed by atoms with Crippen molar-refractivity contribution < 1.29 is 9.36 Å². The number of nitrogens with zero attached hydrogens (tertiary/aromatic N) is 1. The van der Waals surface area contributed by atoms with E-state index in [0.717, 1.165) is 12.8 Å². The van der Waals surface area contributed by atoms with Gasteiger partial charge in [-0.3, -0.25) is 4.79 Å². The predicted molar refractivity (Wildman–Crippen MR) is 73.7 cm³/mol. The first-order valence-electron chi connectivity index (χ1n) is 6.83. The molecule has 0 bridgehead atoms. The molecule has 4 heteroatoms. The number of amides is 1. The number of rotatable bonds is 3. The summed E-state index contributed by atoms with van der Waals surface area (Å²) in [6, 6.07) is 0.409. The number of hydrogen-bond acceptors (Lipinski definition) is 2. The summed E-state index contributed by atoms with van der Waals surface area (Å²) in [4.78, 5) is 13.4. The van der Waals surface area contributed by atoms with Crippen LogP contribution in [0.4, 0.5) is 0 Å². The van der Waals surface area contributed by atoms with Crippen LogP contribution in [0.2, 0.25) is 0 Å². The second-order valence-corrected chi connectivity index (χ2v) is 6.66. The van der Waals surface area contributed by atoms with Crippen molar-refractivity contribution >= 4 is 17.2 Å². The van der Waals surface area contributed by atoms with Crippen molar-refractivity contribution in [2.75, 3.05) is 0 Å². The highest BCUT2D eigenvalue weighted by Gasteiger charge is 2.22. The SMILES string of the molecule is Cc1sc(C)[n+](CC(=O)NC2CCCCC2)c1C. The highest BCUT2D eigenvalue weighted by atomic mass is 32.1. The van der Waals surface area contributed by atoms with Gasteiger partial charge in [-0.1, -0.05) is 30.6 Å². The lowest BCUT2D eigenvalue weighted by molar-refractivity contribution is -0.691. The molecule has 0 aromatic carbocycles. The Bertz CT molecular complexity index is 433. The summed E-state index contributed by atoms with van der Waals surface area (Å²) in [6.07, 6.45) is 6.14. The second-order valence-electron chi connectivity index (χ2n) is 5.25. The molecule has 0 unspecified atom stereocenters. The van der Waals surface area contributed by atoms with Gasteiger partial charge < -0.3 is 5.32 Å². The summed E-state index contributed by atoms with van der Waals surface area (Å²) >= 11 is 1.77. The topological polar surface area (TPSA) is 33.0 Å². The molecule has 0 aliphatic heterocycles. The Morgan fingerprint density at radius 1 is 1.28 bits per heavy atom. The maximum atomic E-state index is 12.1. The lowest BCUT2D eigenvalue weighted by Crippen LogP contribution is -2.48. The average molecular weight is 267 g/mol. The van der Waals surface area contributed by atoms with Crippen LogP contribution in [-0.2, 0) is 11.3 Å². The summed E-state index contributed by atoms with van der Waals surface area (Å²) in [5.41, 5.74) is 1.22. The van der Waals surface area contributed by atoms with Gasteiger partial charge in [0.25, 0.3) is 5.91 Å². The number of hydrogen-bond donors (Lipinski definition) is 1. The molecule has 0 saturated heterocycles. The molecular weight excluding hydrogens is 244 g/mol. The summed E-state index contributed by atoms with van der Waals surface area (Å²) in [6.45, 7) is 6.76. The first kappa shape index (κ1) is 13.5. The number of carbonyl (C=O) groups is 1. The Labute approximate surface area is 113 Å². The zero-order chi connectivity index (χ0) is 13.1. The van der Waals surface area contributed by atoms with E-state index >= 15 is 0 Å². The average Bonchev–Trinajstić information content (AvgIpc) is 2.57. The molecule has 2 rings (SSSR count). The maximum absolute atomic E-state index is 12.1. The largest absolute Gasteiger partial charge is 0.348 e. The lowest BCUT2D eigenvalue weighted by Gasteiger charge is -2.22. The van der Waals surface area contributed by atoms with Crippen molar-refractivity contribution in [1.29, 1.82) is 0 Å². The first-order chi connectivity index (χ1) is 8.58. The molecule has 100 valence electrons. The van der Waals surface area contributed by atoms with Gasteiger partial charge in [0.05, 0.1) is 4.88 Å². The van der Waals surface area contributed by atoms with Crippen molar-refractivity contribution in [3.05, 3.63) is 15.6 Å². The zero-order valence-electron chi connectivity index (χ0n) is 11.6. The molecule has 1 heterocycles. The Morgan fingerprint density at radius 3 is 2.50 bits per heavy atom. The van der Waals surface area contributed by atoms with E-state index in [1.165, 1.54) is 34.8 Å². The molecule has 1 aliphatic rings. The fraction of sp³-hybridized carbons (Fsp3) is 0.714. The van der Waals surface area contributed by atoms with E-state index in [0.29, 0.717) is 12.6 Å². The molecule has 18 heavy (non-hydrogen) atoms. The molecule has 1 aliphatic carbocycles. The minimum atomic E-state index is 0.163. The van der Waals surface area contributed by atoms with E-state index < -0.39 is 0 Å². The van der Waals surface area contributed by atoms with E-state index in [9.17, 15) is 4.79 Å². The third kappa shape index (κ3) is 3.10. The Balaban J connectivity index is 1.94. The summed E-state index contributed by atoms with van der Waals surface area (Å²) in [7, 11) is 0. The predicted octanol–water partition coefficient (Wildman–Crippen LogP) is 2.41. The number of carbonyl (C=O) groups excluding carboxylic acids is 1. The van der Waals surface area contributed by atoms with Gasteiger partial charge in [-0.25, -0.2) is 0 Å². The zero-order valence-corrected chi connectivity index (χ0v) is 12.4. The molecule has 0 radical (unpaired) electrons. The fourth-order valence-electron chi connectivity index (χ4n) is 2.67. The van der Waals surface area contributed by atoms with Crippen LogP contribution in [0, 0.1) is 20.8 Å². The molecule has 1 saturated carbocycles. The molecule has 1 aromatic rings. The van der Waals surface area contributed by atoms with Gasteiger partial charge in [0.2, 0.25) is 11.6 Å². The van der Waals surface area contributed by atoms with Crippen LogP contribution in [0.15, 0.2) is 0 Å². The van der Waals surface area contributed by atoms with E-state index in [4.69, 9.17) is 0 Å². The molecule has 1 aromatic heterocycles. The van der Waals surface area contributed by atoms with Crippen LogP contribution in [0.5, 0.6) is 0 Å². The minimum absolute atomic E-state index is 0.163. The number of aryl methyl sites for hydroxylation is 2. The standard InChI is InChI=1S/C14H22N2OS/c1-10-11(2)18-12(3)16(10)9-14(17)15-13-7-5-4-6-8-13/h13H,4-9H2,1-3H3/p+1. The van der Waals surface area contributed by atoms with Crippen LogP contribution < -0.4 is 9.88 Å². The van der Waals surface area contributed by atoms with Crippen molar-refractivity contribution in [1.82, 2.24) is 5.32 Å². The monoisotopic (exact) mass is 267 g/mol. The van der Waals surface area contributed by atoms with Gasteiger partial charge in [0.1, 0.15) is 0 Å². The summed E-state index contributed by atoms with van der Waals surface area (Å²) in [5.74, 6) is 0.163. The van der Waals surface area contributed by atoms with Gasteiger partial charge in [-0.15, -0.1) is 0 Å². The van der Waals surface area contributed by atoms with Crippen molar-refractivity contribution in [2.24, 2.45) is 0 Å². The third-order valence-corrected chi connectivity index (χ3v) is 4.98. The second kappa shape index (κ2) is 5.83. The van der Waals surface area contributed by atoms with E-state index in [1.54, 1.807) is 11.3 Å². The van der Waals surface area contributed by atoms with Crippen LogP contribution in [0.25, 0.3) is 0 Å². The fourth-order valence-corrected chi connectivity index (χ4v) is 3.68. The molecular formula is C14H23N2OS+. The Morgan fingerprint density at radius 2 is 1.94 bits per heavy atom. The van der Waals surface area contributed by atoms with Crippen molar-refractivity contribution in [3.63, 3.8) is 0 Å². The Kier molecular flexibility index (Phi) is 4.38. The number of nitrogens with one attached hydrogen (secondary N) is 1. The summed E-state index contributed by atoms with van der Waals surface area (Å²) < 4.78 is 2.12. The third-order valence-electron chi connectivity index (χ3n) is 3.87. The van der Waals surface area contributed by atoms with Gasteiger partial charge in [-0.05, 0) is 19.8 Å². The van der Waals surface area contributed by atoms with Crippen LogP contribution in [-0.4, -0.2) is 11.9 Å². The normalized spacial score (nSPS) is 16.8. The molecule has 1 fully saturated rings. The highest BCUT2D eigenvalue weighted by Crippen LogP contribution is 2.17. The smallest absolute Gasteiger partial charge is 0.286 e. The van der Waals surface area contributed by atoms with Gasteiger partial charge in [-0.2, -0.15) is 4.57 Å². The maximum Gasteiger partial charge on any atom is 0.286 e. The van der Waals surface area contributed by atoms with Gasteiger partial charge in [0, 0.05) is 19.9 Å². The quantitative estimate of drug-likeness (QED) is 0.838. The van der Waals surface area contributed by atoms with E-state index in [2.05, 4.69) is 30.7 Å². The Hall–Kier alpha value is -0.900. The first-order valence-corrected chi connectivity index (χ1v) is 7.65. The summed E-state index contributed by atoms with van der Waals surface area (Å²) in [5, 5.41) is 4.39. The van der Waals surface area contributed by atoms with Crippen molar-refractivity contribution in [2.45, 2.75) is 65.5 Å². The van der Waals surface area contributed by atoms with E-state index in [-0.39, 0.29) is 5.91 Å². The molecule has 0 spiro atoms. The number of thiazole rings is 1. The van der Waals surface area contributed by atoms with Gasteiger partial charge in [0.15, 0.2) is 5.69 Å². The highest BCUT2D eigenvalue weighted by molar-refractivity contribution is 7.11. The molecule has 0 atom stereocenters. The van der Waals surface area contributed by atoms with Crippen LogP contribution >= 0.6 is 11.3 Å². The van der Waals surface area contributed by atoms with Crippen LogP contribution in [0.1, 0.15) is 47.7 Å². The molecule has 1 N–H and O–H groups in total. The molecule has 3 nitrogen and oxygen atoms in total.